The second-order valence-corrected chi connectivity index (χ2v) is 7.85. The zero-order chi connectivity index (χ0) is 22.8. The third-order valence-corrected chi connectivity index (χ3v) is 5.66. The summed E-state index contributed by atoms with van der Waals surface area (Å²) >= 11 is 0. The van der Waals surface area contributed by atoms with Crippen molar-refractivity contribution in [3.63, 3.8) is 0 Å². The van der Waals surface area contributed by atoms with Crippen LogP contribution in [-0.4, -0.2) is 40.6 Å². The van der Waals surface area contributed by atoms with E-state index in [1.165, 1.54) is 12.1 Å². The van der Waals surface area contributed by atoms with Crippen LogP contribution in [0.3, 0.4) is 0 Å². The molecule has 2 N–H and O–H groups in total. The second-order valence-electron chi connectivity index (χ2n) is 7.85. The molecule has 0 spiro atoms. The molecule has 1 aliphatic rings. The highest BCUT2D eigenvalue weighted by Gasteiger charge is 2.24. The Labute approximate surface area is 190 Å². The second kappa shape index (κ2) is 8.82. The number of aromatic nitrogens is 3. The van der Waals surface area contributed by atoms with Gasteiger partial charge in [-0.3, -0.25) is 9.78 Å². The first-order chi connectivity index (χ1) is 16.1. The van der Waals surface area contributed by atoms with E-state index in [9.17, 15) is 9.18 Å². The average Bonchev–Trinajstić information content (AvgIpc) is 2.85. The van der Waals surface area contributed by atoms with Crippen molar-refractivity contribution in [1.29, 1.82) is 0 Å². The topological polar surface area (TPSA) is 89.0 Å². The normalized spacial score (nSPS) is 15.8. The van der Waals surface area contributed by atoms with Crippen molar-refractivity contribution >= 4 is 22.6 Å². The SMILES string of the molecule is COc1cc(-c2cccc(F)c2)cc2c(NC3CCCNC3=O)nc(-c3cccnc3)nc12. The third kappa shape index (κ3) is 4.19. The van der Waals surface area contributed by atoms with Gasteiger partial charge in [-0.15, -0.1) is 0 Å². The van der Waals surface area contributed by atoms with Crippen molar-refractivity contribution < 1.29 is 13.9 Å². The molecule has 3 heterocycles. The van der Waals surface area contributed by atoms with E-state index in [0.717, 1.165) is 17.5 Å². The molecular weight excluding hydrogens is 421 g/mol. The third-order valence-electron chi connectivity index (χ3n) is 5.66. The average molecular weight is 443 g/mol. The van der Waals surface area contributed by atoms with Crippen molar-refractivity contribution in [2.75, 3.05) is 19.0 Å². The monoisotopic (exact) mass is 443 g/mol. The molecule has 33 heavy (non-hydrogen) atoms. The van der Waals surface area contributed by atoms with Crippen molar-refractivity contribution in [2.45, 2.75) is 18.9 Å². The smallest absolute Gasteiger partial charge is 0.242 e. The van der Waals surface area contributed by atoms with Gasteiger partial charge in [-0.05, 0) is 60.4 Å². The first kappa shape index (κ1) is 20.8. The summed E-state index contributed by atoms with van der Waals surface area (Å²) in [4.78, 5) is 26.1. The van der Waals surface area contributed by atoms with E-state index in [4.69, 9.17) is 14.7 Å². The van der Waals surface area contributed by atoms with Gasteiger partial charge < -0.3 is 15.4 Å². The molecule has 0 radical (unpaired) electrons. The van der Waals surface area contributed by atoms with Crippen LogP contribution in [0.1, 0.15) is 12.8 Å². The number of carbonyl (C=O) groups is 1. The molecule has 1 saturated heterocycles. The fraction of sp³-hybridized carbons (Fsp3) is 0.200. The molecule has 1 unspecified atom stereocenters. The summed E-state index contributed by atoms with van der Waals surface area (Å²) in [6.45, 7) is 0.667. The molecule has 5 rings (SSSR count). The van der Waals surface area contributed by atoms with Crippen molar-refractivity contribution in [3.8, 4) is 28.3 Å². The highest BCUT2D eigenvalue weighted by atomic mass is 19.1. The molecule has 4 aromatic rings. The standard InChI is InChI=1S/C25H22FN5O2/c1-33-21-13-17(15-5-2-7-18(26)11-15)12-19-22(21)30-23(16-6-3-9-27-14-16)31-24(19)29-20-8-4-10-28-25(20)32/h2-3,5-7,9,11-14,20H,4,8,10H2,1H3,(H,28,32)(H,29,30,31). The number of methoxy groups -OCH3 is 1. The zero-order valence-electron chi connectivity index (χ0n) is 18.0. The van der Waals surface area contributed by atoms with Gasteiger partial charge in [-0.1, -0.05) is 12.1 Å². The van der Waals surface area contributed by atoms with Gasteiger partial charge in [0.05, 0.1) is 7.11 Å². The van der Waals surface area contributed by atoms with Gasteiger partial charge in [-0.2, -0.15) is 0 Å². The number of benzene rings is 2. The molecule has 1 aliphatic heterocycles. The van der Waals surface area contributed by atoms with Gasteiger partial charge in [0.15, 0.2) is 5.82 Å². The van der Waals surface area contributed by atoms with Crippen LogP contribution < -0.4 is 15.4 Å². The van der Waals surface area contributed by atoms with E-state index in [2.05, 4.69) is 15.6 Å². The summed E-state index contributed by atoms with van der Waals surface area (Å²) in [7, 11) is 1.57. The molecule has 1 fully saturated rings. The van der Waals surface area contributed by atoms with Crippen molar-refractivity contribution in [2.24, 2.45) is 0 Å². The number of nitrogens with zero attached hydrogens (tertiary/aromatic N) is 3. The lowest BCUT2D eigenvalue weighted by atomic mass is 10.0. The van der Waals surface area contributed by atoms with Crippen LogP contribution in [-0.2, 0) is 4.79 Å². The highest BCUT2D eigenvalue weighted by molar-refractivity contribution is 5.99. The fourth-order valence-corrected chi connectivity index (χ4v) is 4.00. The number of pyridine rings is 1. The molecular formula is C25H22FN5O2. The summed E-state index contributed by atoms with van der Waals surface area (Å²) in [5, 5.41) is 6.88. The molecule has 7 nitrogen and oxygen atoms in total. The maximum atomic E-state index is 13.9. The quantitative estimate of drug-likeness (QED) is 0.481. The van der Waals surface area contributed by atoms with E-state index >= 15 is 0 Å². The molecule has 2 aromatic carbocycles. The van der Waals surface area contributed by atoms with Crippen LogP contribution in [0.15, 0.2) is 60.9 Å². The predicted molar refractivity (Wildman–Crippen MR) is 124 cm³/mol. The number of rotatable bonds is 5. The van der Waals surface area contributed by atoms with Crippen LogP contribution in [0.25, 0.3) is 33.4 Å². The first-order valence-corrected chi connectivity index (χ1v) is 10.7. The number of amides is 1. The Balaban J connectivity index is 1.72. The van der Waals surface area contributed by atoms with Crippen LogP contribution >= 0.6 is 0 Å². The molecule has 1 atom stereocenters. The van der Waals surface area contributed by atoms with Gasteiger partial charge >= 0.3 is 0 Å². The Morgan fingerprint density at radius 3 is 2.73 bits per heavy atom. The van der Waals surface area contributed by atoms with Gasteiger partial charge in [-0.25, -0.2) is 14.4 Å². The Kier molecular flexibility index (Phi) is 5.56. The van der Waals surface area contributed by atoms with Crippen LogP contribution in [0.5, 0.6) is 5.75 Å². The van der Waals surface area contributed by atoms with E-state index in [1.54, 1.807) is 25.6 Å². The molecule has 8 heteroatoms. The Morgan fingerprint density at radius 2 is 1.97 bits per heavy atom. The highest BCUT2D eigenvalue weighted by Crippen LogP contribution is 2.36. The summed E-state index contributed by atoms with van der Waals surface area (Å²) in [6.07, 6.45) is 4.94. The zero-order valence-corrected chi connectivity index (χ0v) is 18.0. The first-order valence-electron chi connectivity index (χ1n) is 10.7. The van der Waals surface area contributed by atoms with Crippen LogP contribution in [0.2, 0.25) is 0 Å². The number of carbonyl (C=O) groups excluding carboxylic acids is 1. The van der Waals surface area contributed by atoms with Crippen LogP contribution in [0, 0.1) is 5.82 Å². The predicted octanol–water partition coefficient (Wildman–Crippen LogP) is 4.20. The largest absolute Gasteiger partial charge is 0.494 e. The van der Waals surface area contributed by atoms with Gasteiger partial charge in [0, 0.05) is 29.9 Å². The summed E-state index contributed by atoms with van der Waals surface area (Å²) in [5.74, 6) is 1.11. The van der Waals surface area contributed by atoms with Gasteiger partial charge in [0.2, 0.25) is 5.91 Å². The van der Waals surface area contributed by atoms with Crippen LogP contribution in [0.4, 0.5) is 10.2 Å². The molecule has 0 bridgehead atoms. The number of nitrogens with one attached hydrogen (secondary N) is 2. The number of hydrogen-bond acceptors (Lipinski definition) is 6. The van der Waals surface area contributed by atoms with E-state index in [-0.39, 0.29) is 11.7 Å². The van der Waals surface area contributed by atoms with Crippen molar-refractivity contribution in [3.05, 3.63) is 66.7 Å². The number of piperidine rings is 1. The Hall–Kier alpha value is -4.07. The molecule has 0 aliphatic carbocycles. The summed E-state index contributed by atoms with van der Waals surface area (Å²) in [6, 6.07) is 13.4. The lowest BCUT2D eigenvalue weighted by molar-refractivity contribution is -0.123. The summed E-state index contributed by atoms with van der Waals surface area (Å²) < 4.78 is 19.6. The van der Waals surface area contributed by atoms with E-state index in [0.29, 0.717) is 46.8 Å². The lowest BCUT2D eigenvalue weighted by Crippen LogP contribution is -2.44. The summed E-state index contributed by atoms with van der Waals surface area (Å²) in [5.41, 5.74) is 2.79. The molecule has 0 saturated carbocycles. The number of anilines is 1. The number of halogens is 1. The molecule has 1 amide bonds. The molecule has 2 aromatic heterocycles. The van der Waals surface area contributed by atoms with Gasteiger partial charge in [0.25, 0.3) is 0 Å². The number of fused-ring (bicyclic) bond motifs is 1. The number of hydrogen-bond donors (Lipinski definition) is 2. The maximum Gasteiger partial charge on any atom is 0.242 e. The van der Waals surface area contributed by atoms with Gasteiger partial charge in [0.1, 0.15) is 28.9 Å². The number of ether oxygens (including phenoxy) is 1. The lowest BCUT2D eigenvalue weighted by Gasteiger charge is -2.24. The van der Waals surface area contributed by atoms with E-state index < -0.39 is 6.04 Å². The minimum Gasteiger partial charge on any atom is -0.494 e. The Bertz CT molecular complexity index is 1330. The Morgan fingerprint density at radius 1 is 1.09 bits per heavy atom. The molecule has 166 valence electrons. The fourth-order valence-electron chi connectivity index (χ4n) is 4.00. The van der Waals surface area contributed by atoms with E-state index in [1.807, 2.05) is 30.3 Å². The maximum absolute atomic E-state index is 13.9. The van der Waals surface area contributed by atoms with Crippen molar-refractivity contribution in [1.82, 2.24) is 20.3 Å². The minimum absolute atomic E-state index is 0.0656. The minimum atomic E-state index is -0.414.